The molecular weight excluding hydrogens is 345 g/mol. The molecule has 0 spiro atoms. The van der Waals surface area contributed by atoms with Crippen LogP contribution in [0.2, 0.25) is 0 Å². The number of aromatic nitrogens is 1. The highest BCUT2D eigenvalue weighted by Crippen LogP contribution is 2.35. The predicted molar refractivity (Wildman–Crippen MR) is 79.2 cm³/mol. The van der Waals surface area contributed by atoms with Crippen molar-refractivity contribution in [2.24, 2.45) is 0 Å². The molecule has 1 atom stereocenters. The summed E-state index contributed by atoms with van der Waals surface area (Å²) in [6.45, 7) is 0.576. The number of terminal acetylenes is 1. The van der Waals surface area contributed by atoms with Crippen LogP contribution < -0.4 is 16.2 Å². The summed E-state index contributed by atoms with van der Waals surface area (Å²) in [7, 11) is 0. The summed E-state index contributed by atoms with van der Waals surface area (Å²) in [5.74, 6) is 0.0693. The molecule has 0 radical (unpaired) electrons. The summed E-state index contributed by atoms with van der Waals surface area (Å²) in [6.07, 6.45) is 0.333. The monoisotopic (exact) mass is 358 g/mol. The van der Waals surface area contributed by atoms with Gasteiger partial charge in [0.1, 0.15) is 30.2 Å². The molecule has 0 saturated carbocycles. The van der Waals surface area contributed by atoms with Crippen molar-refractivity contribution in [3.05, 3.63) is 11.1 Å². The van der Waals surface area contributed by atoms with Crippen molar-refractivity contribution >= 4 is 17.5 Å². The minimum Gasteiger partial charge on any atom is -0.475 e. The van der Waals surface area contributed by atoms with Crippen LogP contribution in [0.1, 0.15) is 11.1 Å². The standard InChI is InChI=1S/C12H12N4O2.C2HF3O2/c1-2-3-17-6-7-4-8-10(14)9(5-13)11(15)16-12(8)18-7;3-2(4,5)1(6)7/h1,7H,3-4,6H2,(H4,14,15,16);(H,6,7). The number of halogens is 3. The van der Waals surface area contributed by atoms with E-state index in [0.29, 0.717) is 30.2 Å². The zero-order valence-electron chi connectivity index (χ0n) is 12.6. The number of hydrogen-bond acceptors (Lipinski definition) is 7. The third kappa shape index (κ3) is 5.16. The van der Waals surface area contributed by atoms with Gasteiger partial charge in [-0.3, -0.25) is 0 Å². The number of carboxylic acid groups (broad SMARTS) is 1. The minimum atomic E-state index is -5.08. The van der Waals surface area contributed by atoms with E-state index >= 15 is 0 Å². The Morgan fingerprint density at radius 1 is 1.52 bits per heavy atom. The number of ether oxygens (including phenoxy) is 2. The number of alkyl halides is 3. The van der Waals surface area contributed by atoms with Gasteiger partial charge in [-0.25, -0.2) is 4.79 Å². The number of carbonyl (C=O) groups is 1. The van der Waals surface area contributed by atoms with Crippen molar-refractivity contribution in [3.8, 4) is 24.3 Å². The van der Waals surface area contributed by atoms with Gasteiger partial charge in [0.2, 0.25) is 5.88 Å². The average molecular weight is 358 g/mol. The number of nitrogen functional groups attached to an aromatic ring is 2. The summed E-state index contributed by atoms with van der Waals surface area (Å²) in [4.78, 5) is 12.9. The second-order valence-electron chi connectivity index (χ2n) is 4.65. The van der Waals surface area contributed by atoms with Gasteiger partial charge in [0.15, 0.2) is 0 Å². The lowest BCUT2D eigenvalue weighted by molar-refractivity contribution is -0.192. The fourth-order valence-corrected chi connectivity index (χ4v) is 1.82. The van der Waals surface area contributed by atoms with Crippen LogP contribution in [0.5, 0.6) is 5.88 Å². The zero-order chi connectivity index (χ0) is 19.2. The van der Waals surface area contributed by atoms with E-state index in [9.17, 15) is 13.2 Å². The largest absolute Gasteiger partial charge is 0.490 e. The summed E-state index contributed by atoms with van der Waals surface area (Å²) in [5.41, 5.74) is 12.7. The zero-order valence-corrected chi connectivity index (χ0v) is 12.6. The molecule has 2 rings (SSSR count). The minimum absolute atomic E-state index is 0.0824. The van der Waals surface area contributed by atoms with Gasteiger partial charge < -0.3 is 26.0 Å². The molecule has 0 bridgehead atoms. The summed E-state index contributed by atoms with van der Waals surface area (Å²) in [6, 6.07) is 1.93. The Bertz CT molecular complexity index is 738. The molecule has 1 aliphatic rings. The van der Waals surface area contributed by atoms with Crippen LogP contribution in [-0.2, 0) is 16.0 Å². The third-order valence-corrected chi connectivity index (χ3v) is 2.88. The van der Waals surface area contributed by atoms with Gasteiger partial charge in [-0.1, -0.05) is 5.92 Å². The van der Waals surface area contributed by atoms with Crippen molar-refractivity contribution < 1.29 is 32.5 Å². The Hall–Kier alpha value is -3.18. The van der Waals surface area contributed by atoms with Gasteiger partial charge >= 0.3 is 12.1 Å². The summed E-state index contributed by atoms with van der Waals surface area (Å²) in [5, 5.41) is 16.1. The molecule has 5 N–H and O–H groups in total. The van der Waals surface area contributed by atoms with E-state index in [1.807, 2.05) is 6.07 Å². The Balaban J connectivity index is 0.000000381. The van der Waals surface area contributed by atoms with E-state index in [1.54, 1.807) is 0 Å². The number of rotatable bonds is 3. The molecule has 0 amide bonds. The lowest BCUT2D eigenvalue weighted by Crippen LogP contribution is -2.21. The van der Waals surface area contributed by atoms with Crippen LogP contribution in [0.4, 0.5) is 24.7 Å². The number of nitriles is 1. The Labute approximate surface area is 140 Å². The van der Waals surface area contributed by atoms with E-state index in [2.05, 4.69) is 10.9 Å². The molecule has 1 aromatic heterocycles. The lowest BCUT2D eigenvalue weighted by atomic mass is 10.1. The first-order valence-corrected chi connectivity index (χ1v) is 6.57. The van der Waals surface area contributed by atoms with E-state index in [-0.39, 0.29) is 24.1 Å². The maximum atomic E-state index is 10.6. The van der Waals surface area contributed by atoms with Gasteiger partial charge in [0.05, 0.1) is 12.3 Å². The molecule has 134 valence electrons. The predicted octanol–water partition coefficient (Wildman–Crippen LogP) is 0.704. The first-order valence-electron chi connectivity index (χ1n) is 6.57. The maximum absolute atomic E-state index is 10.6. The van der Waals surface area contributed by atoms with Gasteiger partial charge in [-0.2, -0.15) is 23.4 Å². The van der Waals surface area contributed by atoms with E-state index in [0.717, 1.165) is 0 Å². The molecule has 8 nitrogen and oxygen atoms in total. The summed E-state index contributed by atoms with van der Waals surface area (Å²) >= 11 is 0. The molecule has 0 saturated heterocycles. The molecule has 1 aromatic rings. The first-order chi connectivity index (χ1) is 11.6. The van der Waals surface area contributed by atoms with Crippen LogP contribution >= 0.6 is 0 Å². The van der Waals surface area contributed by atoms with Gasteiger partial charge in [0, 0.05) is 12.0 Å². The number of hydrogen-bond donors (Lipinski definition) is 3. The lowest BCUT2D eigenvalue weighted by Gasteiger charge is -2.08. The van der Waals surface area contributed by atoms with Crippen LogP contribution in [-0.4, -0.2) is 41.6 Å². The molecule has 0 aromatic carbocycles. The van der Waals surface area contributed by atoms with Crippen molar-refractivity contribution in [1.29, 1.82) is 5.26 Å². The smallest absolute Gasteiger partial charge is 0.475 e. The quantitative estimate of drug-likeness (QED) is 0.529. The number of nitrogens with zero attached hydrogens (tertiary/aromatic N) is 2. The third-order valence-electron chi connectivity index (χ3n) is 2.88. The molecular formula is C14H13F3N4O4. The van der Waals surface area contributed by atoms with Crippen LogP contribution in [0, 0.1) is 23.7 Å². The second-order valence-corrected chi connectivity index (χ2v) is 4.65. The van der Waals surface area contributed by atoms with Gasteiger partial charge in [0.25, 0.3) is 0 Å². The fourth-order valence-electron chi connectivity index (χ4n) is 1.82. The second kappa shape index (κ2) is 8.08. The number of fused-ring (bicyclic) bond motifs is 1. The summed E-state index contributed by atoms with van der Waals surface area (Å²) < 4.78 is 42.5. The topological polar surface area (TPSA) is 144 Å². The average Bonchev–Trinajstić information content (AvgIpc) is 2.90. The Kier molecular flexibility index (Phi) is 6.42. The molecule has 0 aliphatic carbocycles. The van der Waals surface area contributed by atoms with Crippen molar-refractivity contribution in [1.82, 2.24) is 4.98 Å². The van der Waals surface area contributed by atoms with Crippen LogP contribution in [0.15, 0.2) is 0 Å². The number of pyridine rings is 1. The molecule has 1 unspecified atom stereocenters. The number of carboxylic acids is 1. The van der Waals surface area contributed by atoms with E-state index in [4.69, 9.17) is 42.5 Å². The van der Waals surface area contributed by atoms with Crippen LogP contribution in [0.25, 0.3) is 0 Å². The van der Waals surface area contributed by atoms with Crippen LogP contribution in [0.3, 0.4) is 0 Å². The van der Waals surface area contributed by atoms with Gasteiger partial charge in [-0.15, -0.1) is 6.42 Å². The van der Waals surface area contributed by atoms with E-state index in [1.165, 1.54) is 0 Å². The first kappa shape index (κ1) is 19.9. The maximum Gasteiger partial charge on any atom is 0.490 e. The Morgan fingerprint density at radius 3 is 2.60 bits per heavy atom. The number of anilines is 2. The number of aliphatic carboxylic acids is 1. The molecule has 1 aliphatic heterocycles. The fraction of sp³-hybridized carbons (Fsp3) is 0.357. The SMILES string of the molecule is C#CCOCC1Cc2c(nc(N)c(C#N)c2N)O1.O=C(O)C(F)(F)F. The normalized spacial score (nSPS) is 15.0. The van der Waals surface area contributed by atoms with Crippen molar-refractivity contribution in [2.75, 3.05) is 24.7 Å². The highest BCUT2D eigenvalue weighted by molar-refractivity contribution is 5.73. The van der Waals surface area contributed by atoms with Crippen molar-refractivity contribution in [3.63, 3.8) is 0 Å². The molecule has 0 fully saturated rings. The highest BCUT2D eigenvalue weighted by Gasteiger charge is 2.38. The molecule has 25 heavy (non-hydrogen) atoms. The Morgan fingerprint density at radius 2 is 2.12 bits per heavy atom. The highest BCUT2D eigenvalue weighted by atomic mass is 19.4. The van der Waals surface area contributed by atoms with Crippen molar-refractivity contribution in [2.45, 2.75) is 18.7 Å². The van der Waals surface area contributed by atoms with Gasteiger partial charge in [-0.05, 0) is 0 Å². The molecule has 11 heteroatoms. The van der Waals surface area contributed by atoms with E-state index < -0.39 is 12.1 Å². The molecule has 2 heterocycles. The number of nitrogens with two attached hydrogens (primary N) is 2.